The van der Waals surface area contributed by atoms with Gasteiger partial charge in [-0.25, -0.2) is 29.6 Å². The van der Waals surface area contributed by atoms with Crippen LogP contribution in [0.1, 0.15) is 72.9 Å². The van der Waals surface area contributed by atoms with E-state index in [0.717, 1.165) is 30.4 Å². The number of benzene rings is 3. The van der Waals surface area contributed by atoms with E-state index < -0.39 is 48.6 Å². The molecule has 0 aromatic heterocycles. The Bertz CT molecular complexity index is 1830. The molecule has 1 atom stereocenters. The van der Waals surface area contributed by atoms with E-state index in [9.17, 15) is 34.8 Å². The second kappa shape index (κ2) is 15.1. The van der Waals surface area contributed by atoms with Gasteiger partial charge in [-0.1, -0.05) is 83.3 Å². The molecule has 0 aliphatic carbocycles. The van der Waals surface area contributed by atoms with Gasteiger partial charge in [-0.15, -0.1) is 0 Å². The summed E-state index contributed by atoms with van der Waals surface area (Å²) in [4.78, 5) is 24.2. The molecule has 0 spiro atoms. The fourth-order valence-electron chi connectivity index (χ4n) is 5.46. The minimum atomic E-state index is -4.76. The Kier molecular flexibility index (Phi) is 11.6. The summed E-state index contributed by atoms with van der Waals surface area (Å²) in [6.07, 6.45) is 4.31. The van der Waals surface area contributed by atoms with Crippen molar-refractivity contribution in [1.29, 1.82) is 0 Å². The van der Waals surface area contributed by atoms with Crippen molar-refractivity contribution in [3.63, 3.8) is 0 Å². The van der Waals surface area contributed by atoms with Crippen LogP contribution in [0.2, 0.25) is 0 Å². The molecular formula is C33H40N2O9S3. The largest absolute Gasteiger partial charge is 0.469 e. The predicted molar refractivity (Wildman–Crippen MR) is 176 cm³/mol. The van der Waals surface area contributed by atoms with Crippen LogP contribution in [-0.4, -0.2) is 64.8 Å². The molecule has 11 nitrogen and oxygen atoms in total. The van der Waals surface area contributed by atoms with Crippen LogP contribution in [-0.2, 0) is 39.6 Å². The highest BCUT2D eigenvalue weighted by Gasteiger charge is 2.48. The molecule has 0 saturated heterocycles. The van der Waals surface area contributed by atoms with E-state index >= 15 is 0 Å². The summed E-state index contributed by atoms with van der Waals surface area (Å²) >= 11 is 0. The maximum atomic E-state index is 14.1. The van der Waals surface area contributed by atoms with Gasteiger partial charge in [0, 0.05) is 6.42 Å². The molecular weight excluding hydrogens is 665 g/mol. The highest BCUT2D eigenvalue weighted by Crippen LogP contribution is 2.35. The van der Waals surface area contributed by atoms with Gasteiger partial charge in [-0.05, 0) is 63.1 Å². The minimum Gasteiger partial charge on any atom is -0.469 e. The standard InChI is InChI=1S/C33H40N2O9S3/c1-25-16-20-28(21-17-25)45(38,39)34(46(40,41)29-22-18-26(2)19-23-29)24-27(12-8-6-4-5-7-9-15-32(36)44-3)35-33(37)30-13-10-11-14-31(30)47(35,42)43/h10-11,13-14,16-23,27H,4-9,12,15,24H2,1-3H3. The van der Waals surface area contributed by atoms with E-state index in [-0.39, 0.29) is 32.6 Å². The first-order valence-corrected chi connectivity index (χ1v) is 19.7. The van der Waals surface area contributed by atoms with E-state index in [2.05, 4.69) is 4.74 Å². The monoisotopic (exact) mass is 704 g/mol. The van der Waals surface area contributed by atoms with E-state index in [1.54, 1.807) is 13.8 Å². The quantitative estimate of drug-likeness (QED) is 0.145. The van der Waals surface area contributed by atoms with Gasteiger partial charge >= 0.3 is 5.97 Å². The average molecular weight is 705 g/mol. The van der Waals surface area contributed by atoms with Crippen molar-refractivity contribution < 1.29 is 39.6 Å². The van der Waals surface area contributed by atoms with Crippen LogP contribution in [0.5, 0.6) is 0 Å². The van der Waals surface area contributed by atoms with Gasteiger partial charge in [-0.2, -0.15) is 0 Å². The number of esters is 1. The average Bonchev–Trinajstić information content (AvgIpc) is 3.24. The first-order valence-electron chi connectivity index (χ1n) is 15.4. The third-order valence-electron chi connectivity index (χ3n) is 8.12. The number of rotatable bonds is 16. The maximum absolute atomic E-state index is 14.1. The summed E-state index contributed by atoms with van der Waals surface area (Å²) < 4.78 is 89.8. The van der Waals surface area contributed by atoms with Crippen LogP contribution in [0.4, 0.5) is 0 Å². The number of carbonyl (C=O) groups excluding carboxylic acids is 2. The van der Waals surface area contributed by atoms with Crippen molar-refractivity contribution in [1.82, 2.24) is 8.02 Å². The number of sulfonamides is 3. The highest BCUT2D eigenvalue weighted by atomic mass is 32.3. The molecule has 3 aromatic carbocycles. The molecule has 1 amide bonds. The fourth-order valence-corrected chi connectivity index (χ4v) is 11.0. The van der Waals surface area contributed by atoms with Gasteiger partial charge in [0.1, 0.15) is 4.90 Å². The predicted octanol–water partition coefficient (Wildman–Crippen LogP) is 5.19. The molecule has 1 aliphatic rings. The fraction of sp³-hybridized carbons (Fsp3) is 0.394. The van der Waals surface area contributed by atoms with Crippen LogP contribution < -0.4 is 0 Å². The van der Waals surface area contributed by atoms with Crippen LogP contribution in [0, 0.1) is 13.8 Å². The van der Waals surface area contributed by atoms with Crippen molar-refractivity contribution in [3.8, 4) is 0 Å². The third-order valence-corrected chi connectivity index (χ3v) is 14.3. The Morgan fingerprint density at radius 1 is 0.766 bits per heavy atom. The topological polar surface area (TPSA) is 152 Å². The Morgan fingerprint density at radius 3 is 1.77 bits per heavy atom. The Labute approximate surface area is 277 Å². The molecule has 254 valence electrons. The molecule has 0 bridgehead atoms. The minimum absolute atomic E-state index is 0.0183. The number of amides is 1. The number of carbonyl (C=O) groups is 2. The van der Waals surface area contributed by atoms with Crippen LogP contribution in [0.15, 0.2) is 87.5 Å². The van der Waals surface area contributed by atoms with E-state index in [4.69, 9.17) is 0 Å². The number of aryl methyl sites for hydroxylation is 2. The summed E-state index contributed by atoms with van der Waals surface area (Å²) in [5.74, 6) is -1.12. The lowest BCUT2D eigenvalue weighted by Crippen LogP contribution is -2.50. The molecule has 1 heterocycles. The van der Waals surface area contributed by atoms with Crippen molar-refractivity contribution >= 4 is 41.9 Å². The SMILES string of the molecule is COC(=O)CCCCCCCCC(CN(S(=O)(=O)c1ccc(C)cc1)S(=O)(=O)c1ccc(C)cc1)N1C(=O)c2ccccc2S1(=O)=O. The lowest BCUT2D eigenvalue weighted by molar-refractivity contribution is -0.140. The van der Waals surface area contributed by atoms with E-state index in [0.29, 0.717) is 33.7 Å². The lowest BCUT2D eigenvalue weighted by Gasteiger charge is -2.31. The first kappa shape index (κ1) is 36.2. The number of nitrogens with zero attached hydrogens (tertiary/aromatic N) is 2. The zero-order chi connectivity index (χ0) is 34.4. The zero-order valence-electron chi connectivity index (χ0n) is 26.7. The molecule has 0 saturated carbocycles. The lowest BCUT2D eigenvalue weighted by atomic mass is 10.0. The molecule has 0 N–H and O–H groups in total. The number of fused-ring (bicyclic) bond motifs is 1. The second-order valence-electron chi connectivity index (χ2n) is 11.6. The third kappa shape index (κ3) is 8.11. The summed E-state index contributed by atoms with van der Waals surface area (Å²) in [6, 6.07) is 15.7. The van der Waals surface area contributed by atoms with Crippen molar-refractivity contribution in [2.24, 2.45) is 0 Å². The van der Waals surface area contributed by atoms with Gasteiger partial charge in [0.2, 0.25) is 0 Å². The van der Waals surface area contributed by atoms with Crippen LogP contribution in [0.3, 0.4) is 0 Å². The van der Waals surface area contributed by atoms with Crippen molar-refractivity contribution in [3.05, 3.63) is 89.5 Å². The molecule has 14 heteroatoms. The summed E-state index contributed by atoms with van der Waals surface area (Å²) in [6.45, 7) is 2.70. The highest BCUT2D eigenvalue weighted by molar-refractivity contribution is 8.04. The number of ether oxygens (including phenoxy) is 1. The molecule has 0 fully saturated rings. The number of unbranched alkanes of at least 4 members (excludes halogenated alkanes) is 5. The second-order valence-corrected chi connectivity index (χ2v) is 17.3. The molecule has 1 unspecified atom stereocenters. The summed E-state index contributed by atoms with van der Waals surface area (Å²) in [7, 11) is -12.6. The molecule has 1 aliphatic heterocycles. The summed E-state index contributed by atoms with van der Waals surface area (Å²) in [5, 5.41) is 0. The molecule has 4 rings (SSSR count). The van der Waals surface area contributed by atoms with Gasteiger partial charge in [0.05, 0.1) is 35.1 Å². The Morgan fingerprint density at radius 2 is 1.26 bits per heavy atom. The van der Waals surface area contributed by atoms with Gasteiger partial charge in [-0.3, -0.25) is 9.59 Å². The normalized spacial score (nSPS) is 15.1. The van der Waals surface area contributed by atoms with Gasteiger partial charge in [0.25, 0.3) is 36.0 Å². The van der Waals surface area contributed by atoms with Crippen LogP contribution >= 0.6 is 0 Å². The van der Waals surface area contributed by atoms with E-state index in [1.165, 1.54) is 79.9 Å². The maximum Gasteiger partial charge on any atom is 0.305 e. The Balaban J connectivity index is 1.70. The summed E-state index contributed by atoms with van der Waals surface area (Å²) in [5.41, 5.74) is 1.45. The number of hydrogen-bond donors (Lipinski definition) is 0. The van der Waals surface area contributed by atoms with Crippen molar-refractivity contribution in [2.75, 3.05) is 13.7 Å². The zero-order valence-corrected chi connectivity index (χ0v) is 29.1. The smallest absolute Gasteiger partial charge is 0.305 e. The van der Waals surface area contributed by atoms with E-state index in [1.807, 2.05) is 0 Å². The first-order chi connectivity index (χ1) is 22.2. The Hall–Kier alpha value is -3.59. The molecule has 0 radical (unpaired) electrons. The molecule has 3 aromatic rings. The number of methoxy groups -OCH3 is 1. The van der Waals surface area contributed by atoms with Gasteiger partial charge < -0.3 is 4.74 Å². The number of hydrogen-bond acceptors (Lipinski definition) is 9. The molecule has 47 heavy (non-hydrogen) atoms. The van der Waals surface area contributed by atoms with Gasteiger partial charge in [0.15, 0.2) is 0 Å². The van der Waals surface area contributed by atoms with Crippen molar-refractivity contribution in [2.45, 2.75) is 85.9 Å². The van der Waals surface area contributed by atoms with Crippen LogP contribution in [0.25, 0.3) is 0 Å².